The van der Waals surface area contributed by atoms with Gasteiger partial charge in [0.15, 0.2) is 0 Å². The number of allylic oxidation sites excluding steroid dienone is 1. The normalized spacial score (nSPS) is 27.5. The standard InChI is InChI=1S/C17H23N3O3/c1-2-13-15(14-6-3-4-11-23-14)20(17(22)16(13)21)9-5-8-19-10-7-18-12-19/h4,7,10-15H,2-3,5-6,8-9H2,1H3. The van der Waals surface area contributed by atoms with Crippen molar-refractivity contribution in [2.45, 2.75) is 51.3 Å². The first-order chi connectivity index (χ1) is 11.2. The molecular formula is C17H23N3O3. The number of aryl methyl sites for hydroxylation is 1. The van der Waals surface area contributed by atoms with Crippen LogP contribution in [0.25, 0.3) is 0 Å². The Hall–Kier alpha value is -2.11. The Bertz CT molecular complexity index is 582. The first kappa shape index (κ1) is 15.8. The average molecular weight is 317 g/mol. The molecule has 0 N–H and O–H groups in total. The van der Waals surface area contributed by atoms with E-state index < -0.39 is 0 Å². The zero-order valence-electron chi connectivity index (χ0n) is 13.4. The number of hydrogen-bond acceptors (Lipinski definition) is 4. The molecule has 2 aliphatic rings. The van der Waals surface area contributed by atoms with Crippen molar-refractivity contribution in [1.29, 1.82) is 0 Å². The minimum atomic E-state index is -0.342. The number of carbonyl (C=O) groups excluding carboxylic acids is 2. The van der Waals surface area contributed by atoms with Gasteiger partial charge in [-0.1, -0.05) is 6.92 Å². The summed E-state index contributed by atoms with van der Waals surface area (Å²) in [4.78, 5) is 30.5. The predicted molar refractivity (Wildman–Crippen MR) is 84.4 cm³/mol. The highest BCUT2D eigenvalue weighted by atomic mass is 16.5. The molecule has 1 fully saturated rings. The summed E-state index contributed by atoms with van der Waals surface area (Å²) < 4.78 is 7.71. The van der Waals surface area contributed by atoms with Gasteiger partial charge in [-0.3, -0.25) is 9.59 Å². The van der Waals surface area contributed by atoms with Crippen LogP contribution in [-0.4, -0.2) is 44.8 Å². The largest absolute Gasteiger partial charge is 0.496 e. The fourth-order valence-corrected chi connectivity index (χ4v) is 3.59. The monoisotopic (exact) mass is 317 g/mol. The second-order valence-electron chi connectivity index (χ2n) is 6.15. The summed E-state index contributed by atoms with van der Waals surface area (Å²) in [5, 5.41) is 0. The number of aromatic nitrogens is 2. The Balaban J connectivity index is 1.70. The SMILES string of the molecule is CCC1C(=O)C(=O)N(CCCn2ccnc2)C1C1CCC=CO1. The third kappa shape index (κ3) is 3.16. The molecule has 3 atom stereocenters. The van der Waals surface area contributed by atoms with E-state index in [9.17, 15) is 9.59 Å². The van der Waals surface area contributed by atoms with Crippen LogP contribution >= 0.6 is 0 Å². The van der Waals surface area contributed by atoms with Crippen LogP contribution in [0.1, 0.15) is 32.6 Å². The molecule has 0 spiro atoms. The predicted octanol–water partition coefficient (Wildman–Crippen LogP) is 1.77. The van der Waals surface area contributed by atoms with Crippen molar-refractivity contribution >= 4 is 11.7 Å². The highest BCUT2D eigenvalue weighted by molar-refractivity contribution is 6.39. The number of nitrogens with zero attached hydrogens (tertiary/aromatic N) is 3. The minimum absolute atomic E-state index is 0.0754. The Morgan fingerprint density at radius 3 is 2.87 bits per heavy atom. The lowest BCUT2D eigenvalue weighted by molar-refractivity contribution is -0.141. The van der Waals surface area contributed by atoms with Crippen molar-refractivity contribution < 1.29 is 14.3 Å². The maximum absolute atomic E-state index is 12.4. The van der Waals surface area contributed by atoms with Crippen LogP contribution in [0.4, 0.5) is 0 Å². The molecule has 23 heavy (non-hydrogen) atoms. The molecule has 124 valence electrons. The topological polar surface area (TPSA) is 64.4 Å². The van der Waals surface area contributed by atoms with E-state index in [0.29, 0.717) is 13.0 Å². The molecule has 6 nitrogen and oxygen atoms in total. The van der Waals surface area contributed by atoms with Crippen molar-refractivity contribution in [1.82, 2.24) is 14.5 Å². The van der Waals surface area contributed by atoms with Crippen LogP contribution in [0, 0.1) is 5.92 Å². The van der Waals surface area contributed by atoms with Crippen molar-refractivity contribution in [2.24, 2.45) is 5.92 Å². The van der Waals surface area contributed by atoms with Gasteiger partial charge in [0.25, 0.3) is 5.91 Å². The maximum atomic E-state index is 12.4. The molecule has 3 unspecified atom stereocenters. The molecule has 0 radical (unpaired) electrons. The van der Waals surface area contributed by atoms with Gasteiger partial charge in [-0.25, -0.2) is 4.98 Å². The van der Waals surface area contributed by atoms with E-state index in [1.54, 1.807) is 23.7 Å². The number of ether oxygens (including phenoxy) is 1. The Kier molecular flexibility index (Phi) is 4.79. The van der Waals surface area contributed by atoms with Gasteiger partial charge in [-0.05, 0) is 31.8 Å². The van der Waals surface area contributed by atoms with E-state index >= 15 is 0 Å². The third-order valence-corrected chi connectivity index (χ3v) is 4.74. The second kappa shape index (κ2) is 6.98. The van der Waals surface area contributed by atoms with E-state index in [0.717, 1.165) is 25.8 Å². The molecule has 0 aliphatic carbocycles. The van der Waals surface area contributed by atoms with Crippen LogP contribution < -0.4 is 0 Å². The third-order valence-electron chi connectivity index (χ3n) is 4.74. The van der Waals surface area contributed by atoms with Gasteiger partial charge >= 0.3 is 0 Å². The molecule has 6 heteroatoms. The zero-order valence-corrected chi connectivity index (χ0v) is 13.4. The summed E-state index contributed by atoms with van der Waals surface area (Å²) in [6, 6.07) is -0.132. The summed E-state index contributed by atoms with van der Waals surface area (Å²) in [6.45, 7) is 3.33. The smallest absolute Gasteiger partial charge is 0.290 e. The number of rotatable bonds is 6. The van der Waals surface area contributed by atoms with Gasteiger partial charge in [0.1, 0.15) is 6.10 Å². The van der Waals surface area contributed by atoms with Gasteiger partial charge < -0.3 is 14.2 Å². The average Bonchev–Trinajstić information content (AvgIpc) is 3.17. The van der Waals surface area contributed by atoms with Crippen LogP contribution in [0.5, 0.6) is 0 Å². The van der Waals surface area contributed by atoms with E-state index in [2.05, 4.69) is 4.98 Å². The van der Waals surface area contributed by atoms with Crippen LogP contribution in [0.2, 0.25) is 0 Å². The van der Waals surface area contributed by atoms with Crippen LogP contribution in [0.15, 0.2) is 31.1 Å². The first-order valence-electron chi connectivity index (χ1n) is 8.33. The summed E-state index contributed by atoms with van der Waals surface area (Å²) >= 11 is 0. The fraction of sp³-hybridized carbons (Fsp3) is 0.588. The molecule has 0 saturated carbocycles. The Morgan fingerprint density at radius 1 is 1.35 bits per heavy atom. The minimum Gasteiger partial charge on any atom is -0.496 e. The van der Waals surface area contributed by atoms with Gasteiger partial charge in [-0.2, -0.15) is 0 Å². The van der Waals surface area contributed by atoms with E-state index in [1.165, 1.54) is 0 Å². The molecule has 3 rings (SSSR count). The molecule has 0 bridgehead atoms. The molecular weight excluding hydrogens is 294 g/mol. The van der Waals surface area contributed by atoms with Crippen LogP contribution in [-0.2, 0) is 20.9 Å². The van der Waals surface area contributed by atoms with E-state index in [-0.39, 0.29) is 29.8 Å². The lowest BCUT2D eigenvalue weighted by Crippen LogP contribution is -2.45. The number of carbonyl (C=O) groups is 2. The van der Waals surface area contributed by atoms with E-state index in [1.807, 2.05) is 23.8 Å². The lowest BCUT2D eigenvalue weighted by atomic mass is 9.89. The number of imidazole rings is 1. The number of Topliss-reactive ketones (excluding diaryl/α,β-unsaturated/α-hetero) is 1. The highest BCUT2D eigenvalue weighted by Gasteiger charge is 2.49. The summed E-state index contributed by atoms with van der Waals surface area (Å²) in [5.74, 6) is -0.837. The quantitative estimate of drug-likeness (QED) is 0.750. The molecule has 1 amide bonds. The van der Waals surface area contributed by atoms with Crippen LogP contribution in [0.3, 0.4) is 0 Å². The van der Waals surface area contributed by atoms with Crippen molar-refractivity contribution in [3.63, 3.8) is 0 Å². The maximum Gasteiger partial charge on any atom is 0.290 e. The molecule has 1 aromatic rings. The first-order valence-corrected chi connectivity index (χ1v) is 8.33. The fourth-order valence-electron chi connectivity index (χ4n) is 3.59. The highest BCUT2D eigenvalue weighted by Crippen LogP contribution is 2.32. The van der Waals surface area contributed by atoms with Gasteiger partial charge in [-0.15, -0.1) is 0 Å². The second-order valence-corrected chi connectivity index (χ2v) is 6.15. The molecule has 1 aromatic heterocycles. The van der Waals surface area contributed by atoms with Crippen molar-refractivity contribution in [2.75, 3.05) is 6.54 Å². The molecule has 1 saturated heterocycles. The number of likely N-dealkylation sites (tertiary alicyclic amines) is 1. The number of amides is 1. The Morgan fingerprint density at radius 2 is 2.22 bits per heavy atom. The number of hydrogen-bond donors (Lipinski definition) is 0. The molecule has 3 heterocycles. The Labute approximate surface area is 136 Å². The van der Waals surface area contributed by atoms with Gasteiger partial charge in [0, 0.05) is 25.5 Å². The van der Waals surface area contributed by atoms with Crippen molar-refractivity contribution in [3.05, 3.63) is 31.1 Å². The van der Waals surface area contributed by atoms with E-state index in [4.69, 9.17) is 4.74 Å². The zero-order chi connectivity index (χ0) is 16.2. The molecule has 2 aliphatic heterocycles. The number of ketones is 1. The van der Waals surface area contributed by atoms with Gasteiger partial charge in [0.2, 0.25) is 5.78 Å². The summed E-state index contributed by atoms with van der Waals surface area (Å²) in [5.41, 5.74) is 0. The van der Waals surface area contributed by atoms with Crippen molar-refractivity contribution in [3.8, 4) is 0 Å². The lowest BCUT2D eigenvalue weighted by Gasteiger charge is -2.34. The molecule has 0 aromatic carbocycles. The van der Waals surface area contributed by atoms with Gasteiger partial charge in [0.05, 0.1) is 24.5 Å². The summed E-state index contributed by atoms with van der Waals surface area (Å²) in [7, 11) is 0. The summed E-state index contributed by atoms with van der Waals surface area (Å²) in [6.07, 6.45) is 12.3.